The van der Waals surface area contributed by atoms with E-state index in [0.717, 1.165) is 38.4 Å². The van der Waals surface area contributed by atoms with Crippen molar-refractivity contribution >= 4 is 11.6 Å². The van der Waals surface area contributed by atoms with Crippen LogP contribution in [0, 0.1) is 0 Å². The van der Waals surface area contributed by atoms with Crippen molar-refractivity contribution in [1.29, 1.82) is 0 Å². The molecule has 1 fully saturated rings. The Labute approximate surface area is 124 Å². The Balaban J connectivity index is 1.50. The molecular formula is C15H21N5O. The van der Waals surface area contributed by atoms with Crippen molar-refractivity contribution in [3.63, 3.8) is 0 Å². The molecule has 2 aromatic rings. The Morgan fingerprint density at radius 2 is 2.10 bits per heavy atom. The molecule has 2 aromatic heterocycles. The monoisotopic (exact) mass is 287 g/mol. The van der Waals surface area contributed by atoms with Crippen LogP contribution in [0.4, 0.5) is 0 Å². The van der Waals surface area contributed by atoms with Gasteiger partial charge in [0.2, 0.25) is 0 Å². The van der Waals surface area contributed by atoms with Gasteiger partial charge < -0.3 is 14.6 Å². The molecule has 0 radical (unpaired) electrons. The first kappa shape index (κ1) is 14.0. The number of aromatic nitrogens is 2. The van der Waals surface area contributed by atoms with Gasteiger partial charge in [-0.3, -0.25) is 9.69 Å². The van der Waals surface area contributed by atoms with Gasteiger partial charge in [0.25, 0.3) is 5.91 Å². The van der Waals surface area contributed by atoms with Crippen molar-refractivity contribution in [2.24, 2.45) is 0 Å². The van der Waals surface area contributed by atoms with Crippen LogP contribution >= 0.6 is 0 Å². The van der Waals surface area contributed by atoms with Crippen LogP contribution in [0.5, 0.6) is 0 Å². The molecule has 0 unspecified atom stereocenters. The molecule has 112 valence electrons. The number of rotatable bonds is 4. The zero-order valence-electron chi connectivity index (χ0n) is 12.3. The lowest BCUT2D eigenvalue weighted by atomic mass is 10.3. The van der Waals surface area contributed by atoms with E-state index in [1.807, 2.05) is 28.8 Å². The third-order valence-electron chi connectivity index (χ3n) is 3.91. The van der Waals surface area contributed by atoms with E-state index in [9.17, 15) is 4.79 Å². The Kier molecular flexibility index (Phi) is 4.17. The lowest BCUT2D eigenvalue weighted by Crippen LogP contribution is -2.46. The van der Waals surface area contributed by atoms with Gasteiger partial charge in [-0.25, -0.2) is 4.98 Å². The number of hydrogen-bond donors (Lipinski definition) is 1. The first-order chi connectivity index (χ1) is 10.2. The molecule has 6 nitrogen and oxygen atoms in total. The molecule has 0 aliphatic carbocycles. The number of nitrogens with zero attached hydrogens (tertiary/aromatic N) is 4. The van der Waals surface area contributed by atoms with Crippen LogP contribution in [0.15, 0.2) is 30.6 Å². The number of carbonyl (C=O) groups excluding carboxylic acids is 1. The van der Waals surface area contributed by atoms with Crippen molar-refractivity contribution in [3.05, 3.63) is 36.3 Å². The summed E-state index contributed by atoms with van der Waals surface area (Å²) in [5.41, 5.74) is 1.27. The molecule has 6 heteroatoms. The standard InChI is InChI=1S/C15H21N5O/c1-18-8-10-19(11-9-18)7-5-16-15(21)13-12-20-6-3-2-4-14(20)17-13/h2-4,6,12H,5,7-11H2,1H3,(H,16,21). The number of nitrogens with one attached hydrogen (secondary N) is 1. The van der Waals surface area contributed by atoms with E-state index in [4.69, 9.17) is 0 Å². The molecule has 1 amide bonds. The molecule has 1 saturated heterocycles. The number of likely N-dealkylation sites (N-methyl/N-ethyl adjacent to an activating group) is 1. The van der Waals surface area contributed by atoms with Crippen molar-refractivity contribution in [2.45, 2.75) is 0 Å². The van der Waals surface area contributed by atoms with Crippen LogP contribution in [0.25, 0.3) is 5.65 Å². The molecule has 0 aromatic carbocycles. The minimum Gasteiger partial charge on any atom is -0.349 e. The van der Waals surface area contributed by atoms with Crippen LogP contribution in [-0.2, 0) is 0 Å². The summed E-state index contributed by atoms with van der Waals surface area (Å²) in [5.74, 6) is -0.104. The minimum absolute atomic E-state index is 0.104. The van der Waals surface area contributed by atoms with E-state index < -0.39 is 0 Å². The fourth-order valence-electron chi connectivity index (χ4n) is 2.53. The molecule has 1 aliphatic rings. The molecule has 0 saturated carbocycles. The molecular weight excluding hydrogens is 266 g/mol. The summed E-state index contributed by atoms with van der Waals surface area (Å²) in [7, 11) is 2.14. The molecule has 3 heterocycles. The quantitative estimate of drug-likeness (QED) is 0.879. The number of fused-ring (bicyclic) bond motifs is 1. The Bertz CT molecular complexity index is 582. The summed E-state index contributed by atoms with van der Waals surface area (Å²) < 4.78 is 1.86. The molecule has 21 heavy (non-hydrogen) atoms. The second-order valence-corrected chi connectivity index (χ2v) is 5.49. The average molecular weight is 287 g/mol. The molecule has 0 spiro atoms. The summed E-state index contributed by atoms with van der Waals surface area (Å²) in [6, 6.07) is 5.72. The van der Waals surface area contributed by atoms with E-state index in [2.05, 4.69) is 27.1 Å². The number of carbonyl (C=O) groups is 1. The second-order valence-electron chi connectivity index (χ2n) is 5.49. The molecule has 3 rings (SSSR count). The molecule has 0 atom stereocenters. The fourth-order valence-corrected chi connectivity index (χ4v) is 2.53. The van der Waals surface area contributed by atoms with Crippen LogP contribution in [0.1, 0.15) is 10.5 Å². The highest BCUT2D eigenvalue weighted by molar-refractivity contribution is 5.92. The average Bonchev–Trinajstić information content (AvgIpc) is 2.93. The lowest BCUT2D eigenvalue weighted by Gasteiger charge is -2.32. The topological polar surface area (TPSA) is 52.9 Å². The van der Waals surface area contributed by atoms with Gasteiger partial charge in [-0.05, 0) is 19.2 Å². The second kappa shape index (κ2) is 6.24. The van der Waals surface area contributed by atoms with E-state index in [0.29, 0.717) is 12.2 Å². The van der Waals surface area contributed by atoms with Crippen LogP contribution < -0.4 is 5.32 Å². The van der Waals surface area contributed by atoms with Crippen molar-refractivity contribution in [3.8, 4) is 0 Å². The van der Waals surface area contributed by atoms with Gasteiger partial charge in [-0.15, -0.1) is 0 Å². The van der Waals surface area contributed by atoms with Gasteiger partial charge in [-0.1, -0.05) is 6.07 Å². The number of hydrogen-bond acceptors (Lipinski definition) is 4. The first-order valence-electron chi connectivity index (χ1n) is 7.35. The third-order valence-corrected chi connectivity index (χ3v) is 3.91. The van der Waals surface area contributed by atoms with Crippen molar-refractivity contribution in [1.82, 2.24) is 24.5 Å². The highest BCUT2D eigenvalue weighted by Crippen LogP contribution is 2.04. The number of pyridine rings is 1. The third kappa shape index (κ3) is 3.40. The van der Waals surface area contributed by atoms with E-state index in [-0.39, 0.29) is 5.91 Å². The number of imidazole rings is 1. The normalized spacial score (nSPS) is 17.2. The van der Waals surface area contributed by atoms with E-state index in [1.54, 1.807) is 6.20 Å². The van der Waals surface area contributed by atoms with Crippen LogP contribution in [0.2, 0.25) is 0 Å². The highest BCUT2D eigenvalue weighted by atomic mass is 16.1. The zero-order valence-corrected chi connectivity index (χ0v) is 12.3. The van der Waals surface area contributed by atoms with E-state index >= 15 is 0 Å². The maximum absolute atomic E-state index is 12.1. The van der Waals surface area contributed by atoms with Crippen LogP contribution in [-0.4, -0.2) is 71.4 Å². The summed E-state index contributed by atoms with van der Waals surface area (Å²) in [5, 5.41) is 2.95. The lowest BCUT2D eigenvalue weighted by molar-refractivity contribution is 0.0936. The van der Waals surface area contributed by atoms with Crippen molar-refractivity contribution < 1.29 is 4.79 Å². The smallest absolute Gasteiger partial charge is 0.271 e. The largest absolute Gasteiger partial charge is 0.349 e. The highest BCUT2D eigenvalue weighted by Gasteiger charge is 2.14. The summed E-state index contributed by atoms with van der Waals surface area (Å²) in [4.78, 5) is 21.1. The maximum Gasteiger partial charge on any atom is 0.271 e. The van der Waals surface area contributed by atoms with Gasteiger partial charge in [-0.2, -0.15) is 0 Å². The number of amides is 1. The van der Waals surface area contributed by atoms with Crippen LogP contribution in [0.3, 0.4) is 0 Å². The zero-order chi connectivity index (χ0) is 14.7. The molecule has 0 bridgehead atoms. The molecule has 1 aliphatic heterocycles. The SMILES string of the molecule is CN1CCN(CCNC(=O)c2cn3ccccc3n2)CC1. The van der Waals surface area contributed by atoms with Gasteiger partial charge in [0, 0.05) is 51.7 Å². The first-order valence-corrected chi connectivity index (χ1v) is 7.35. The van der Waals surface area contributed by atoms with Gasteiger partial charge in [0.05, 0.1) is 0 Å². The Hall–Kier alpha value is -1.92. The van der Waals surface area contributed by atoms with Gasteiger partial charge >= 0.3 is 0 Å². The predicted molar refractivity (Wildman–Crippen MR) is 81.5 cm³/mol. The summed E-state index contributed by atoms with van der Waals surface area (Å²) in [6.07, 6.45) is 3.66. The summed E-state index contributed by atoms with van der Waals surface area (Å²) >= 11 is 0. The Morgan fingerprint density at radius 1 is 1.29 bits per heavy atom. The van der Waals surface area contributed by atoms with Crippen molar-refractivity contribution in [2.75, 3.05) is 46.3 Å². The minimum atomic E-state index is -0.104. The predicted octanol–water partition coefficient (Wildman–Crippen LogP) is 0.312. The summed E-state index contributed by atoms with van der Waals surface area (Å²) in [6.45, 7) is 5.89. The molecule has 1 N–H and O–H groups in total. The Morgan fingerprint density at radius 3 is 2.86 bits per heavy atom. The number of piperazine rings is 1. The fraction of sp³-hybridized carbons (Fsp3) is 0.467. The van der Waals surface area contributed by atoms with Gasteiger partial charge in [0.15, 0.2) is 0 Å². The van der Waals surface area contributed by atoms with Gasteiger partial charge in [0.1, 0.15) is 11.3 Å². The maximum atomic E-state index is 12.1. The van der Waals surface area contributed by atoms with E-state index in [1.165, 1.54) is 0 Å².